The molecule has 3 rings (SSSR count). The van der Waals surface area contributed by atoms with Crippen molar-refractivity contribution < 1.29 is 0 Å². The van der Waals surface area contributed by atoms with E-state index in [1.165, 1.54) is 34.4 Å². The average molecular weight is 266 g/mol. The van der Waals surface area contributed by atoms with Crippen molar-refractivity contribution in [2.24, 2.45) is 5.92 Å². The summed E-state index contributed by atoms with van der Waals surface area (Å²) in [5.41, 5.74) is 4.22. The highest BCUT2D eigenvalue weighted by Crippen LogP contribution is 2.43. The molecular formula is C18H18S. The Balaban J connectivity index is 1.83. The van der Waals surface area contributed by atoms with E-state index in [9.17, 15) is 0 Å². The van der Waals surface area contributed by atoms with Crippen molar-refractivity contribution in [2.75, 3.05) is 0 Å². The molecule has 0 bridgehead atoms. The molecule has 0 nitrogen and oxygen atoms in total. The van der Waals surface area contributed by atoms with Crippen molar-refractivity contribution in [2.45, 2.75) is 24.7 Å². The van der Waals surface area contributed by atoms with Crippen LogP contribution in [0, 0.1) is 12.8 Å². The van der Waals surface area contributed by atoms with Crippen LogP contribution in [0.3, 0.4) is 0 Å². The van der Waals surface area contributed by atoms with Crippen LogP contribution in [0.1, 0.15) is 24.0 Å². The summed E-state index contributed by atoms with van der Waals surface area (Å²) in [6.45, 7) is 2.14. The van der Waals surface area contributed by atoms with Crippen molar-refractivity contribution in [3.05, 3.63) is 71.1 Å². The standard InChI is InChI=1S/C18H18S/c1-14-7-9-15(10-8-14)18(16-11-12-16)13-19-17-5-3-2-4-6-17/h2-10,13,16H,11-12H2,1H3/b18-13-. The number of hydrogen-bond donors (Lipinski definition) is 0. The molecule has 0 aliphatic heterocycles. The van der Waals surface area contributed by atoms with Crippen LogP contribution in [0.5, 0.6) is 0 Å². The number of hydrogen-bond acceptors (Lipinski definition) is 1. The van der Waals surface area contributed by atoms with E-state index < -0.39 is 0 Å². The van der Waals surface area contributed by atoms with Gasteiger partial charge in [-0.2, -0.15) is 0 Å². The average Bonchev–Trinajstić information content (AvgIpc) is 3.27. The minimum atomic E-state index is 0.777. The number of thioether (sulfide) groups is 1. The summed E-state index contributed by atoms with van der Waals surface area (Å²) < 4.78 is 0. The van der Waals surface area contributed by atoms with Crippen LogP contribution in [-0.4, -0.2) is 0 Å². The van der Waals surface area contributed by atoms with Gasteiger partial charge in [-0.1, -0.05) is 59.8 Å². The molecule has 19 heavy (non-hydrogen) atoms. The molecule has 0 unspecified atom stereocenters. The van der Waals surface area contributed by atoms with Crippen LogP contribution in [0.25, 0.3) is 5.57 Å². The van der Waals surface area contributed by atoms with E-state index in [1.54, 1.807) is 0 Å². The van der Waals surface area contributed by atoms with Gasteiger partial charge in [0.2, 0.25) is 0 Å². The first-order valence-electron chi connectivity index (χ1n) is 6.82. The third-order valence-corrected chi connectivity index (χ3v) is 4.38. The van der Waals surface area contributed by atoms with E-state index in [4.69, 9.17) is 0 Å². The minimum Gasteiger partial charge on any atom is -0.0978 e. The molecule has 0 spiro atoms. The molecule has 1 heteroatoms. The summed E-state index contributed by atoms with van der Waals surface area (Å²) in [6, 6.07) is 19.5. The van der Waals surface area contributed by atoms with E-state index in [1.807, 2.05) is 11.8 Å². The van der Waals surface area contributed by atoms with Gasteiger partial charge in [0.25, 0.3) is 0 Å². The maximum atomic E-state index is 2.34. The number of rotatable bonds is 4. The number of benzene rings is 2. The Hall–Kier alpha value is -1.47. The van der Waals surface area contributed by atoms with E-state index in [-0.39, 0.29) is 0 Å². The first-order valence-corrected chi connectivity index (χ1v) is 7.70. The van der Waals surface area contributed by atoms with Gasteiger partial charge in [-0.05, 0) is 54.4 Å². The maximum Gasteiger partial charge on any atom is 0.0116 e. The fourth-order valence-corrected chi connectivity index (χ4v) is 3.08. The Morgan fingerprint density at radius 1 is 1.00 bits per heavy atom. The lowest BCUT2D eigenvalue weighted by Crippen LogP contribution is -1.86. The molecule has 1 aliphatic rings. The van der Waals surface area contributed by atoms with E-state index in [0.717, 1.165) is 5.92 Å². The van der Waals surface area contributed by atoms with Gasteiger partial charge in [-0.25, -0.2) is 0 Å². The summed E-state index contributed by atoms with van der Waals surface area (Å²) in [5, 5.41) is 2.34. The highest BCUT2D eigenvalue weighted by atomic mass is 32.2. The highest BCUT2D eigenvalue weighted by molar-refractivity contribution is 8.02. The van der Waals surface area contributed by atoms with Gasteiger partial charge >= 0.3 is 0 Å². The molecule has 0 aromatic heterocycles. The molecule has 0 N–H and O–H groups in total. The SMILES string of the molecule is Cc1ccc(/C(=C/Sc2ccccc2)C2CC2)cc1. The van der Waals surface area contributed by atoms with Crippen LogP contribution in [0.4, 0.5) is 0 Å². The Bertz CT molecular complexity index is 562. The summed E-state index contributed by atoms with van der Waals surface area (Å²) in [5.74, 6) is 0.777. The Morgan fingerprint density at radius 3 is 2.32 bits per heavy atom. The van der Waals surface area contributed by atoms with Gasteiger partial charge in [0.1, 0.15) is 0 Å². The number of allylic oxidation sites excluding steroid dienone is 1. The topological polar surface area (TPSA) is 0 Å². The highest BCUT2D eigenvalue weighted by Gasteiger charge is 2.26. The lowest BCUT2D eigenvalue weighted by atomic mass is 10.0. The predicted octanol–water partition coefficient (Wildman–Crippen LogP) is 5.54. The Labute approximate surface area is 119 Å². The molecule has 0 saturated heterocycles. The van der Waals surface area contributed by atoms with Crippen molar-refractivity contribution in [3.8, 4) is 0 Å². The normalized spacial score (nSPS) is 15.5. The van der Waals surface area contributed by atoms with Gasteiger partial charge in [0.05, 0.1) is 0 Å². The second-order valence-corrected chi connectivity index (χ2v) is 6.09. The zero-order valence-electron chi connectivity index (χ0n) is 11.2. The van der Waals surface area contributed by atoms with Crippen molar-refractivity contribution in [1.29, 1.82) is 0 Å². The van der Waals surface area contributed by atoms with Gasteiger partial charge in [-0.3, -0.25) is 0 Å². The van der Waals surface area contributed by atoms with Gasteiger partial charge in [0.15, 0.2) is 0 Å². The summed E-state index contributed by atoms with van der Waals surface area (Å²) in [6.07, 6.45) is 2.68. The van der Waals surface area contributed by atoms with Crippen LogP contribution in [0.2, 0.25) is 0 Å². The first-order chi connectivity index (χ1) is 9.33. The molecule has 1 fully saturated rings. The second-order valence-electron chi connectivity index (χ2n) is 5.14. The quantitative estimate of drug-likeness (QED) is 0.655. The van der Waals surface area contributed by atoms with Gasteiger partial charge in [0, 0.05) is 4.90 Å². The van der Waals surface area contributed by atoms with Gasteiger partial charge < -0.3 is 0 Å². The zero-order chi connectivity index (χ0) is 13.1. The lowest BCUT2D eigenvalue weighted by molar-refractivity contribution is 1.15. The molecule has 0 amide bonds. The molecule has 0 atom stereocenters. The monoisotopic (exact) mass is 266 g/mol. The Morgan fingerprint density at radius 2 is 1.68 bits per heavy atom. The van der Waals surface area contributed by atoms with E-state index in [2.05, 4.69) is 66.9 Å². The zero-order valence-corrected chi connectivity index (χ0v) is 12.0. The largest absolute Gasteiger partial charge is 0.0978 e. The van der Waals surface area contributed by atoms with Crippen molar-refractivity contribution in [1.82, 2.24) is 0 Å². The molecular weight excluding hydrogens is 248 g/mol. The van der Waals surface area contributed by atoms with E-state index >= 15 is 0 Å². The number of aryl methyl sites for hydroxylation is 1. The van der Waals surface area contributed by atoms with Gasteiger partial charge in [-0.15, -0.1) is 0 Å². The van der Waals surface area contributed by atoms with Crippen molar-refractivity contribution in [3.63, 3.8) is 0 Å². The second kappa shape index (κ2) is 5.66. The lowest BCUT2D eigenvalue weighted by Gasteiger charge is -2.07. The fourth-order valence-electron chi connectivity index (χ4n) is 2.17. The van der Waals surface area contributed by atoms with Crippen LogP contribution < -0.4 is 0 Å². The van der Waals surface area contributed by atoms with Crippen molar-refractivity contribution >= 4 is 17.3 Å². The Kier molecular flexibility index (Phi) is 3.74. The maximum absolute atomic E-state index is 2.34. The summed E-state index contributed by atoms with van der Waals surface area (Å²) in [7, 11) is 0. The molecule has 96 valence electrons. The summed E-state index contributed by atoms with van der Waals surface area (Å²) in [4.78, 5) is 1.31. The third kappa shape index (κ3) is 3.30. The molecule has 2 aromatic rings. The smallest absolute Gasteiger partial charge is 0.0116 e. The molecule has 0 radical (unpaired) electrons. The van der Waals surface area contributed by atoms with Crippen LogP contribution in [-0.2, 0) is 0 Å². The third-order valence-electron chi connectivity index (χ3n) is 3.47. The predicted molar refractivity (Wildman–Crippen MR) is 84.2 cm³/mol. The van der Waals surface area contributed by atoms with Crippen LogP contribution in [0.15, 0.2) is 64.9 Å². The molecule has 0 heterocycles. The minimum absolute atomic E-state index is 0.777. The molecule has 1 aliphatic carbocycles. The molecule has 1 saturated carbocycles. The van der Waals surface area contributed by atoms with E-state index in [0.29, 0.717) is 0 Å². The first kappa shape index (κ1) is 12.6. The molecule has 2 aromatic carbocycles. The fraction of sp³-hybridized carbons (Fsp3) is 0.222. The summed E-state index contributed by atoms with van der Waals surface area (Å²) >= 11 is 1.83. The van der Waals surface area contributed by atoms with Crippen LogP contribution >= 0.6 is 11.8 Å².